The molecule has 0 amide bonds. The maximum Gasteiger partial charge on any atom is 0.306 e. The highest BCUT2D eigenvalue weighted by Gasteiger charge is 2.19. The molecule has 0 bridgehead atoms. The zero-order valence-electron chi connectivity index (χ0n) is 38.5. The third kappa shape index (κ3) is 45.8. The molecule has 338 valence electrons. The van der Waals surface area contributed by atoms with Gasteiger partial charge in [-0.2, -0.15) is 0 Å². The molecule has 0 fully saturated rings. The van der Waals surface area contributed by atoms with E-state index in [1.807, 2.05) is 0 Å². The van der Waals surface area contributed by atoms with Crippen LogP contribution in [0.15, 0.2) is 72.9 Å². The average molecular weight is 823 g/mol. The van der Waals surface area contributed by atoms with E-state index < -0.39 is 6.10 Å². The SMILES string of the molecule is CC/C=C\C/C=C\C/C=C\CCCCCCC(=O)OC(COC(=O)CCCCCCC/C=C\CCCCC)COC(=O)CCCCCCCC/C=C\C=C/CCCCC. The fraction of sp³-hybridized carbons (Fsp3) is 0.717. The van der Waals surface area contributed by atoms with Crippen molar-refractivity contribution in [1.82, 2.24) is 0 Å². The van der Waals surface area contributed by atoms with E-state index in [9.17, 15) is 14.4 Å². The number of ether oxygens (including phenoxy) is 3. The van der Waals surface area contributed by atoms with Crippen molar-refractivity contribution in [2.45, 2.75) is 232 Å². The molecular weight excluding hydrogens is 733 g/mol. The number of rotatable bonds is 43. The Kier molecular flexibility index (Phi) is 45.0. The zero-order chi connectivity index (χ0) is 43.0. The number of hydrogen-bond donors (Lipinski definition) is 0. The quantitative estimate of drug-likeness (QED) is 0.0200. The van der Waals surface area contributed by atoms with E-state index in [-0.39, 0.29) is 31.1 Å². The molecule has 0 rings (SSSR count). The maximum absolute atomic E-state index is 12.8. The predicted octanol–water partition coefficient (Wildman–Crippen LogP) is 15.9. The van der Waals surface area contributed by atoms with Crippen molar-refractivity contribution in [1.29, 1.82) is 0 Å². The van der Waals surface area contributed by atoms with Gasteiger partial charge in [-0.25, -0.2) is 0 Å². The van der Waals surface area contributed by atoms with Gasteiger partial charge < -0.3 is 14.2 Å². The molecule has 6 nitrogen and oxygen atoms in total. The van der Waals surface area contributed by atoms with Gasteiger partial charge in [0.05, 0.1) is 0 Å². The van der Waals surface area contributed by atoms with Crippen molar-refractivity contribution in [2.75, 3.05) is 13.2 Å². The summed E-state index contributed by atoms with van der Waals surface area (Å²) in [6.07, 6.45) is 58.8. The molecular formula is C53H90O6. The van der Waals surface area contributed by atoms with Gasteiger partial charge in [0.2, 0.25) is 0 Å². The summed E-state index contributed by atoms with van der Waals surface area (Å²) < 4.78 is 16.7. The van der Waals surface area contributed by atoms with E-state index in [0.717, 1.165) is 103 Å². The summed E-state index contributed by atoms with van der Waals surface area (Å²) >= 11 is 0. The summed E-state index contributed by atoms with van der Waals surface area (Å²) in [7, 11) is 0. The second-order valence-electron chi connectivity index (χ2n) is 16.0. The van der Waals surface area contributed by atoms with Crippen LogP contribution in [0.5, 0.6) is 0 Å². The fourth-order valence-electron chi connectivity index (χ4n) is 6.50. The van der Waals surface area contributed by atoms with Gasteiger partial charge in [0.25, 0.3) is 0 Å². The summed E-state index contributed by atoms with van der Waals surface area (Å²) in [6, 6.07) is 0. The van der Waals surface area contributed by atoms with Gasteiger partial charge in [-0.3, -0.25) is 14.4 Å². The molecule has 1 unspecified atom stereocenters. The van der Waals surface area contributed by atoms with E-state index in [1.54, 1.807) is 0 Å². The number of unbranched alkanes of at least 4 members (excludes halogenated alkanes) is 21. The maximum atomic E-state index is 12.8. The Morgan fingerprint density at radius 1 is 0.373 bits per heavy atom. The molecule has 0 saturated heterocycles. The first kappa shape index (κ1) is 55.9. The first-order chi connectivity index (χ1) is 29.0. The lowest BCUT2D eigenvalue weighted by molar-refractivity contribution is -0.167. The Hall–Kier alpha value is -3.15. The van der Waals surface area contributed by atoms with Crippen LogP contribution in [0.25, 0.3) is 0 Å². The molecule has 0 saturated carbocycles. The summed E-state index contributed by atoms with van der Waals surface area (Å²) in [6.45, 7) is 6.42. The molecule has 59 heavy (non-hydrogen) atoms. The highest BCUT2D eigenvalue weighted by molar-refractivity contribution is 5.71. The summed E-state index contributed by atoms with van der Waals surface area (Å²) in [5.74, 6) is -0.938. The van der Waals surface area contributed by atoms with E-state index in [1.165, 1.54) is 83.5 Å². The molecule has 1 atom stereocenters. The molecule has 0 aromatic rings. The van der Waals surface area contributed by atoms with Crippen LogP contribution in [0, 0.1) is 0 Å². The third-order valence-electron chi connectivity index (χ3n) is 10.2. The number of hydrogen-bond acceptors (Lipinski definition) is 6. The highest BCUT2D eigenvalue weighted by atomic mass is 16.6. The molecule has 6 heteroatoms. The Morgan fingerprint density at radius 3 is 1.15 bits per heavy atom. The number of carbonyl (C=O) groups excluding carboxylic acids is 3. The molecule has 0 spiro atoms. The first-order valence-electron chi connectivity index (χ1n) is 24.5. The Labute approximate surface area is 363 Å². The zero-order valence-corrected chi connectivity index (χ0v) is 38.5. The lowest BCUT2D eigenvalue weighted by Gasteiger charge is -2.18. The topological polar surface area (TPSA) is 78.9 Å². The van der Waals surface area contributed by atoms with Crippen LogP contribution in [0.2, 0.25) is 0 Å². The molecule has 0 aromatic heterocycles. The Balaban J connectivity index is 4.45. The molecule has 0 heterocycles. The summed E-state index contributed by atoms with van der Waals surface area (Å²) in [5, 5.41) is 0. The molecule has 0 aliphatic heterocycles. The fourth-order valence-corrected chi connectivity index (χ4v) is 6.50. The molecule has 0 radical (unpaired) electrons. The van der Waals surface area contributed by atoms with Crippen molar-refractivity contribution >= 4 is 17.9 Å². The van der Waals surface area contributed by atoms with Gasteiger partial charge in [-0.1, -0.05) is 177 Å². The highest BCUT2D eigenvalue weighted by Crippen LogP contribution is 2.13. The van der Waals surface area contributed by atoms with Gasteiger partial charge in [0.1, 0.15) is 13.2 Å². The van der Waals surface area contributed by atoms with Gasteiger partial charge in [-0.05, 0) is 103 Å². The Morgan fingerprint density at radius 2 is 0.712 bits per heavy atom. The second kappa shape index (κ2) is 47.5. The van der Waals surface area contributed by atoms with Crippen LogP contribution in [0.4, 0.5) is 0 Å². The summed E-state index contributed by atoms with van der Waals surface area (Å²) in [5.41, 5.74) is 0. The van der Waals surface area contributed by atoms with Crippen LogP contribution < -0.4 is 0 Å². The lowest BCUT2D eigenvalue weighted by Crippen LogP contribution is -2.30. The van der Waals surface area contributed by atoms with Crippen molar-refractivity contribution in [3.63, 3.8) is 0 Å². The van der Waals surface area contributed by atoms with Gasteiger partial charge >= 0.3 is 17.9 Å². The van der Waals surface area contributed by atoms with E-state index >= 15 is 0 Å². The minimum Gasteiger partial charge on any atom is -0.462 e. The number of esters is 3. The van der Waals surface area contributed by atoms with Gasteiger partial charge in [0.15, 0.2) is 6.10 Å². The molecule has 0 aliphatic carbocycles. The monoisotopic (exact) mass is 823 g/mol. The number of carbonyl (C=O) groups is 3. The van der Waals surface area contributed by atoms with Crippen LogP contribution in [-0.2, 0) is 28.6 Å². The normalized spacial score (nSPS) is 12.7. The average Bonchev–Trinajstić information content (AvgIpc) is 3.23. The minimum absolute atomic E-state index is 0.0934. The standard InChI is InChI=1S/C53H90O6/c1-4-7-10-13-16-19-22-25-27-29-31-34-37-40-43-46-52(55)58-49-50(48-57-51(54)45-42-39-36-33-30-24-21-18-15-12-9-6-3)59-53(56)47-44-41-38-35-32-28-26-23-20-17-14-11-8-5-2/h8,11,16-22,25-26,28,50H,4-7,9-10,12-15,23-24,27,29-49H2,1-3H3/b11-8-,19-16-,20-17-,21-18-,25-22-,28-26-. The van der Waals surface area contributed by atoms with E-state index in [0.29, 0.717) is 19.3 Å². The van der Waals surface area contributed by atoms with Crippen molar-refractivity contribution in [3.8, 4) is 0 Å². The third-order valence-corrected chi connectivity index (χ3v) is 10.2. The lowest BCUT2D eigenvalue weighted by atomic mass is 10.1. The van der Waals surface area contributed by atoms with Crippen molar-refractivity contribution in [3.05, 3.63) is 72.9 Å². The predicted molar refractivity (Wildman–Crippen MR) is 251 cm³/mol. The van der Waals surface area contributed by atoms with Crippen molar-refractivity contribution in [2.24, 2.45) is 0 Å². The smallest absolute Gasteiger partial charge is 0.306 e. The van der Waals surface area contributed by atoms with Crippen molar-refractivity contribution < 1.29 is 28.6 Å². The van der Waals surface area contributed by atoms with E-state index in [2.05, 4.69) is 93.7 Å². The van der Waals surface area contributed by atoms with E-state index in [4.69, 9.17) is 14.2 Å². The molecule has 0 N–H and O–H groups in total. The first-order valence-corrected chi connectivity index (χ1v) is 24.5. The minimum atomic E-state index is -0.794. The largest absolute Gasteiger partial charge is 0.462 e. The molecule has 0 aromatic carbocycles. The Bertz CT molecular complexity index is 1130. The summed E-state index contributed by atoms with van der Waals surface area (Å²) in [4.78, 5) is 37.9. The van der Waals surface area contributed by atoms with Crippen LogP contribution in [-0.4, -0.2) is 37.2 Å². The number of allylic oxidation sites excluding steroid dienone is 12. The van der Waals surface area contributed by atoms with Crippen LogP contribution >= 0.6 is 0 Å². The van der Waals surface area contributed by atoms with Gasteiger partial charge in [0, 0.05) is 19.3 Å². The van der Waals surface area contributed by atoms with Gasteiger partial charge in [-0.15, -0.1) is 0 Å². The van der Waals surface area contributed by atoms with Crippen LogP contribution in [0.3, 0.4) is 0 Å². The second-order valence-corrected chi connectivity index (χ2v) is 16.0. The molecule has 0 aliphatic rings. The van der Waals surface area contributed by atoms with Crippen LogP contribution in [0.1, 0.15) is 226 Å².